The van der Waals surface area contributed by atoms with Crippen LogP contribution in [0, 0.1) is 0 Å². The number of hydrogen-bond acceptors (Lipinski definition) is 4. The van der Waals surface area contributed by atoms with Crippen molar-refractivity contribution in [2.24, 2.45) is 4.99 Å². The fourth-order valence-electron chi connectivity index (χ4n) is 1.60. The Bertz CT molecular complexity index is 385. The Kier molecular flexibility index (Phi) is 4.86. The lowest BCUT2D eigenvalue weighted by molar-refractivity contribution is -0.151. The smallest absolute Gasteiger partial charge is 0.368 e. The van der Waals surface area contributed by atoms with Crippen LogP contribution in [0.4, 0.5) is 0 Å². The molecule has 1 aliphatic heterocycles. The molecule has 1 unspecified atom stereocenters. The zero-order valence-corrected chi connectivity index (χ0v) is 10.6. The fourth-order valence-corrected chi connectivity index (χ4v) is 2.24. The van der Waals surface area contributed by atoms with Gasteiger partial charge in [-0.15, -0.1) is 0 Å². The second kappa shape index (κ2) is 5.79. The van der Waals surface area contributed by atoms with Crippen molar-refractivity contribution in [3.63, 3.8) is 0 Å². The van der Waals surface area contributed by atoms with E-state index in [4.69, 9.17) is 14.9 Å². The van der Waals surface area contributed by atoms with E-state index in [9.17, 15) is 14.5 Å². The molecule has 1 heterocycles. The summed E-state index contributed by atoms with van der Waals surface area (Å²) >= 11 is 0. The van der Waals surface area contributed by atoms with Crippen molar-refractivity contribution in [2.45, 2.75) is 31.0 Å². The topological polar surface area (TPSA) is 139 Å². The third kappa shape index (κ3) is 3.52. The standard InChI is InChI=1S/C9H17N2O6P/c12-8(13)9(14,18(15,16)17)4-6-11-7-3-1-2-5-10-7/h14H,1-6H2,(H,10,11)(H,12,13)(H2,15,16,17). The summed E-state index contributed by atoms with van der Waals surface area (Å²) in [6.45, 7) is 0.622. The molecular weight excluding hydrogens is 263 g/mol. The number of carbonyl (C=O) groups is 1. The van der Waals surface area contributed by atoms with Crippen LogP contribution < -0.4 is 5.32 Å². The van der Waals surface area contributed by atoms with Crippen molar-refractivity contribution in [1.29, 1.82) is 0 Å². The van der Waals surface area contributed by atoms with Crippen LogP contribution in [0.1, 0.15) is 25.7 Å². The number of hydrogen-bond donors (Lipinski definition) is 5. The first kappa shape index (κ1) is 15.1. The Morgan fingerprint density at radius 2 is 2.11 bits per heavy atom. The monoisotopic (exact) mass is 280 g/mol. The molecule has 1 saturated heterocycles. The molecule has 8 nitrogen and oxygen atoms in total. The first-order valence-electron chi connectivity index (χ1n) is 5.56. The van der Waals surface area contributed by atoms with Gasteiger partial charge < -0.3 is 25.3 Å². The third-order valence-electron chi connectivity index (χ3n) is 2.76. The first-order valence-corrected chi connectivity index (χ1v) is 7.17. The van der Waals surface area contributed by atoms with Crippen LogP contribution >= 0.6 is 7.60 Å². The zero-order valence-electron chi connectivity index (χ0n) is 9.74. The van der Waals surface area contributed by atoms with Crippen molar-refractivity contribution in [3.8, 4) is 0 Å². The van der Waals surface area contributed by atoms with Crippen LogP contribution in [-0.4, -0.2) is 50.2 Å². The molecule has 5 N–H and O–H groups in total. The van der Waals surface area contributed by atoms with Gasteiger partial charge in [0.15, 0.2) is 0 Å². The van der Waals surface area contributed by atoms with Crippen molar-refractivity contribution < 1.29 is 29.4 Å². The van der Waals surface area contributed by atoms with Gasteiger partial charge >= 0.3 is 13.6 Å². The average molecular weight is 280 g/mol. The number of nitrogens with one attached hydrogen (secondary N) is 1. The summed E-state index contributed by atoms with van der Waals surface area (Å²) in [6, 6.07) is 0. The fraction of sp³-hybridized carbons (Fsp3) is 0.778. The lowest BCUT2D eigenvalue weighted by Crippen LogP contribution is -2.39. The van der Waals surface area contributed by atoms with E-state index in [1.165, 1.54) is 0 Å². The van der Waals surface area contributed by atoms with E-state index in [0.29, 0.717) is 5.84 Å². The highest BCUT2D eigenvalue weighted by molar-refractivity contribution is 7.54. The molecule has 18 heavy (non-hydrogen) atoms. The summed E-state index contributed by atoms with van der Waals surface area (Å²) in [6.07, 6.45) is 2.09. The number of aliphatic hydroxyl groups is 1. The Morgan fingerprint density at radius 1 is 1.44 bits per heavy atom. The molecule has 9 heteroatoms. The molecule has 0 amide bonds. The van der Waals surface area contributed by atoms with Crippen LogP contribution in [-0.2, 0) is 9.36 Å². The van der Waals surface area contributed by atoms with Gasteiger partial charge in [0.1, 0.15) is 0 Å². The van der Waals surface area contributed by atoms with Crippen LogP contribution in [0.5, 0.6) is 0 Å². The highest BCUT2D eigenvalue weighted by atomic mass is 31.2. The molecule has 0 radical (unpaired) electrons. The van der Waals surface area contributed by atoms with Crippen molar-refractivity contribution >= 4 is 19.4 Å². The molecule has 0 aromatic heterocycles. The van der Waals surface area contributed by atoms with Gasteiger partial charge in [-0.25, -0.2) is 4.79 Å². The Balaban J connectivity index is 2.64. The molecule has 0 aromatic rings. The van der Waals surface area contributed by atoms with Crippen LogP contribution in [0.3, 0.4) is 0 Å². The first-order chi connectivity index (χ1) is 8.27. The maximum Gasteiger partial charge on any atom is 0.368 e. The highest BCUT2D eigenvalue weighted by Gasteiger charge is 2.52. The van der Waals surface area contributed by atoms with Crippen molar-refractivity contribution in [2.75, 3.05) is 13.1 Å². The molecule has 0 saturated carbocycles. The van der Waals surface area contributed by atoms with Gasteiger partial charge in [-0.05, 0) is 12.8 Å². The second-order valence-corrected chi connectivity index (χ2v) is 5.96. The minimum absolute atomic E-state index is 0.157. The van der Waals surface area contributed by atoms with Crippen molar-refractivity contribution in [3.05, 3.63) is 0 Å². The molecule has 1 atom stereocenters. The van der Waals surface area contributed by atoms with Gasteiger partial charge in [-0.1, -0.05) is 0 Å². The minimum Gasteiger partial charge on any atom is -0.479 e. The van der Waals surface area contributed by atoms with E-state index < -0.39 is 25.3 Å². The molecule has 1 rings (SSSR count). The SMILES string of the molecule is O=C(O)C(O)(CC/N=C1\CCCCN1)P(=O)(O)O. The Labute approximate surface area is 104 Å². The summed E-state index contributed by atoms with van der Waals surface area (Å²) in [5, 5.41) is 18.1. The summed E-state index contributed by atoms with van der Waals surface area (Å²) in [4.78, 5) is 32.5. The molecule has 104 valence electrons. The summed E-state index contributed by atoms with van der Waals surface area (Å²) in [5.74, 6) is -1.26. The molecule has 1 fully saturated rings. The predicted octanol–water partition coefficient (Wildman–Crippen LogP) is -0.501. The second-order valence-electron chi connectivity index (χ2n) is 4.13. The van der Waals surface area contributed by atoms with Crippen LogP contribution in [0.2, 0.25) is 0 Å². The Hall–Kier alpha value is -0.950. The predicted molar refractivity (Wildman–Crippen MR) is 63.4 cm³/mol. The van der Waals surface area contributed by atoms with E-state index in [-0.39, 0.29) is 6.54 Å². The van der Waals surface area contributed by atoms with E-state index >= 15 is 0 Å². The number of carboxylic acids is 1. The van der Waals surface area contributed by atoms with Gasteiger partial charge in [0.2, 0.25) is 0 Å². The van der Waals surface area contributed by atoms with Gasteiger partial charge in [0.25, 0.3) is 5.34 Å². The van der Waals surface area contributed by atoms with Crippen molar-refractivity contribution in [1.82, 2.24) is 5.32 Å². The maximum absolute atomic E-state index is 11.0. The maximum atomic E-state index is 11.0. The normalized spacial score (nSPS) is 22.3. The number of piperidine rings is 1. The van der Waals surface area contributed by atoms with E-state index in [2.05, 4.69) is 10.3 Å². The Morgan fingerprint density at radius 3 is 2.56 bits per heavy atom. The van der Waals surface area contributed by atoms with E-state index in [1.54, 1.807) is 0 Å². The molecule has 1 aliphatic rings. The quantitative estimate of drug-likeness (QED) is 0.428. The van der Waals surface area contributed by atoms with Gasteiger partial charge in [-0.2, -0.15) is 0 Å². The number of rotatable bonds is 5. The molecule has 0 bridgehead atoms. The number of aliphatic carboxylic acids is 1. The zero-order chi connectivity index (χ0) is 13.8. The van der Waals surface area contributed by atoms with Gasteiger partial charge in [-0.3, -0.25) is 9.56 Å². The molecular formula is C9H17N2O6P. The lowest BCUT2D eigenvalue weighted by Gasteiger charge is -2.23. The van der Waals surface area contributed by atoms with E-state index in [0.717, 1.165) is 25.8 Å². The summed E-state index contributed by atoms with van der Waals surface area (Å²) in [5.41, 5.74) is 0. The third-order valence-corrected chi connectivity index (χ3v) is 4.14. The van der Waals surface area contributed by atoms with Crippen LogP contribution in [0.15, 0.2) is 4.99 Å². The summed E-state index contributed by atoms with van der Waals surface area (Å²) in [7, 11) is -5.15. The van der Waals surface area contributed by atoms with Crippen LogP contribution in [0.25, 0.3) is 0 Å². The average Bonchev–Trinajstić information content (AvgIpc) is 2.28. The number of amidine groups is 1. The highest BCUT2D eigenvalue weighted by Crippen LogP contribution is 2.50. The molecule has 0 spiro atoms. The van der Waals surface area contributed by atoms with Gasteiger partial charge in [0.05, 0.1) is 5.84 Å². The molecule has 0 aromatic carbocycles. The minimum atomic E-state index is -5.15. The lowest BCUT2D eigenvalue weighted by atomic mass is 10.1. The van der Waals surface area contributed by atoms with Gasteiger partial charge in [0, 0.05) is 25.9 Å². The largest absolute Gasteiger partial charge is 0.479 e. The van der Waals surface area contributed by atoms with E-state index in [1.807, 2.05) is 0 Å². The number of carboxylic acid groups (broad SMARTS) is 1. The number of nitrogens with zero attached hydrogens (tertiary/aromatic N) is 1. The number of aliphatic imine (C=N–C) groups is 1. The molecule has 0 aliphatic carbocycles. The summed E-state index contributed by atoms with van der Waals surface area (Å²) < 4.78 is 11.0.